The van der Waals surface area contributed by atoms with Crippen LogP contribution < -0.4 is 0 Å². The number of furan rings is 2. The Kier molecular flexibility index (Phi) is 4.41. The Labute approximate surface area is 145 Å². The summed E-state index contributed by atoms with van der Waals surface area (Å²) in [4.78, 5) is 0. The second kappa shape index (κ2) is 6.31. The fourth-order valence-corrected chi connectivity index (χ4v) is 3.00. The van der Waals surface area contributed by atoms with E-state index in [1.165, 1.54) is 11.1 Å². The van der Waals surface area contributed by atoms with Gasteiger partial charge in [-0.1, -0.05) is 22.0 Å². The number of rotatable bonds is 0. The van der Waals surface area contributed by atoms with Crippen molar-refractivity contribution in [3.05, 3.63) is 69.0 Å². The van der Waals surface area contributed by atoms with Crippen molar-refractivity contribution in [2.24, 2.45) is 0 Å². The average molecular weight is 422 g/mol. The zero-order chi connectivity index (χ0) is 15.7. The van der Waals surface area contributed by atoms with Crippen LogP contribution in [0, 0.1) is 13.8 Å². The van der Waals surface area contributed by atoms with E-state index in [-0.39, 0.29) is 0 Å². The minimum Gasteiger partial charge on any atom is -0.464 e. The summed E-state index contributed by atoms with van der Waals surface area (Å²) in [6.07, 6.45) is 3.41. The zero-order valence-electron chi connectivity index (χ0n) is 12.2. The summed E-state index contributed by atoms with van der Waals surface area (Å²) in [6, 6.07) is 12.0. The van der Waals surface area contributed by atoms with E-state index in [4.69, 9.17) is 8.83 Å². The highest BCUT2D eigenvalue weighted by molar-refractivity contribution is 9.11. The third-order valence-electron chi connectivity index (χ3n) is 3.50. The molecule has 2 aromatic carbocycles. The molecule has 0 saturated heterocycles. The fraction of sp³-hybridized carbons (Fsp3) is 0.111. The molecule has 112 valence electrons. The maximum absolute atomic E-state index is 5.22. The standard InChI is InChI=1S/2C9H7BrO/c1-6-4-7-2-3-11-9(7)5-8(6)10;1-6-2-3-8-7(9(6)10)4-5-11-8/h2*2-5H,1H3. The summed E-state index contributed by atoms with van der Waals surface area (Å²) in [6.45, 7) is 4.13. The van der Waals surface area contributed by atoms with Crippen molar-refractivity contribution in [1.29, 1.82) is 0 Å². The summed E-state index contributed by atoms with van der Waals surface area (Å²) < 4.78 is 12.7. The van der Waals surface area contributed by atoms with Gasteiger partial charge in [0.2, 0.25) is 0 Å². The first-order chi connectivity index (χ1) is 10.6. The Morgan fingerprint density at radius 2 is 1.50 bits per heavy atom. The quantitative estimate of drug-likeness (QED) is 0.305. The molecule has 0 saturated carbocycles. The van der Waals surface area contributed by atoms with Gasteiger partial charge in [0.1, 0.15) is 11.2 Å². The number of fused-ring (bicyclic) bond motifs is 2. The van der Waals surface area contributed by atoms with Gasteiger partial charge in [-0.15, -0.1) is 0 Å². The Bertz CT molecular complexity index is 898. The Balaban J connectivity index is 0.000000131. The van der Waals surface area contributed by atoms with Gasteiger partial charge in [0, 0.05) is 19.7 Å². The molecule has 0 radical (unpaired) electrons. The lowest BCUT2D eigenvalue weighted by atomic mass is 10.2. The van der Waals surface area contributed by atoms with Crippen molar-refractivity contribution in [3.8, 4) is 0 Å². The number of halogens is 2. The van der Waals surface area contributed by atoms with E-state index >= 15 is 0 Å². The molecule has 0 aliphatic carbocycles. The van der Waals surface area contributed by atoms with Crippen LogP contribution in [0.2, 0.25) is 0 Å². The molecule has 4 heteroatoms. The Morgan fingerprint density at radius 1 is 0.773 bits per heavy atom. The van der Waals surface area contributed by atoms with Gasteiger partial charge in [-0.2, -0.15) is 0 Å². The van der Waals surface area contributed by atoms with Crippen LogP contribution in [0.1, 0.15) is 11.1 Å². The van der Waals surface area contributed by atoms with Crippen LogP contribution in [-0.2, 0) is 0 Å². The smallest absolute Gasteiger partial charge is 0.135 e. The molecule has 4 rings (SSSR count). The predicted molar refractivity (Wildman–Crippen MR) is 97.3 cm³/mol. The molecule has 4 aromatic rings. The number of hydrogen-bond donors (Lipinski definition) is 0. The molecule has 0 N–H and O–H groups in total. The topological polar surface area (TPSA) is 26.3 Å². The lowest BCUT2D eigenvalue weighted by Crippen LogP contribution is -1.73. The highest BCUT2D eigenvalue weighted by Crippen LogP contribution is 2.27. The number of benzene rings is 2. The van der Waals surface area contributed by atoms with Crippen LogP contribution in [0.3, 0.4) is 0 Å². The highest BCUT2D eigenvalue weighted by Gasteiger charge is 2.02. The van der Waals surface area contributed by atoms with Crippen LogP contribution in [0.4, 0.5) is 0 Å². The van der Waals surface area contributed by atoms with E-state index < -0.39 is 0 Å². The van der Waals surface area contributed by atoms with Crippen molar-refractivity contribution < 1.29 is 8.83 Å². The third-order valence-corrected chi connectivity index (χ3v) is 5.40. The maximum atomic E-state index is 5.22. The minimum absolute atomic E-state index is 0.933. The first-order valence-corrected chi connectivity index (χ1v) is 8.40. The second-order valence-corrected chi connectivity index (χ2v) is 6.74. The van der Waals surface area contributed by atoms with Gasteiger partial charge >= 0.3 is 0 Å². The molecule has 0 amide bonds. The fourth-order valence-electron chi connectivity index (χ4n) is 2.22. The molecule has 0 atom stereocenters. The maximum Gasteiger partial charge on any atom is 0.135 e. The van der Waals surface area contributed by atoms with E-state index in [1.54, 1.807) is 12.5 Å². The first kappa shape index (κ1) is 15.4. The van der Waals surface area contributed by atoms with Gasteiger partial charge in [-0.25, -0.2) is 0 Å². The molecule has 2 aromatic heterocycles. The Morgan fingerprint density at radius 3 is 2.32 bits per heavy atom. The molecule has 2 heterocycles. The summed E-state index contributed by atoms with van der Waals surface area (Å²) >= 11 is 6.94. The molecular formula is C18H14Br2O2. The van der Waals surface area contributed by atoms with Gasteiger partial charge in [0.15, 0.2) is 0 Å². The van der Waals surface area contributed by atoms with Crippen LogP contribution in [-0.4, -0.2) is 0 Å². The second-order valence-electron chi connectivity index (χ2n) is 5.09. The van der Waals surface area contributed by atoms with E-state index in [0.29, 0.717) is 0 Å². The van der Waals surface area contributed by atoms with Crippen LogP contribution in [0.15, 0.2) is 66.7 Å². The van der Waals surface area contributed by atoms with Crippen LogP contribution in [0.25, 0.3) is 21.9 Å². The summed E-state index contributed by atoms with van der Waals surface area (Å²) in [7, 11) is 0. The third kappa shape index (κ3) is 2.99. The van der Waals surface area contributed by atoms with Gasteiger partial charge in [0.05, 0.1) is 12.5 Å². The van der Waals surface area contributed by atoms with E-state index in [1.807, 2.05) is 30.3 Å². The number of hydrogen-bond acceptors (Lipinski definition) is 2. The van der Waals surface area contributed by atoms with Gasteiger partial charge in [-0.3, -0.25) is 0 Å². The molecule has 0 aliphatic rings. The molecule has 0 fully saturated rings. The van der Waals surface area contributed by atoms with E-state index in [9.17, 15) is 0 Å². The molecular weight excluding hydrogens is 408 g/mol. The minimum atomic E-state index is 0.933. The van der Waals surface area contributed by atoms with Gasteiger partial charge < -0.3 is 8.83 Å². The average Bonchev–Trinajstić information content (AvgIpc) is 3.13. The lowest BCUT2D eigenvalue weighted by molar-refractivity contribution is 0.615. The van der Waals surface area contributed by atoms with Gasteiger partial charge in [-0.05, 0) is 71.2 Å². The molecule has 0 aliphatic heterocycles. The Hall–Kier alpha value is -1.52. The monoisotopic (exact) mass is 420 g/mol. The van der Waals surface area contributed by atoms with Crippen molar-refractivity contribution in [3.63, 3.8) is 0 Å². The molecule has 0 unspecified atom stereocenters. The molecule has 2 nitrogen and oxygen atoms in total. The normalized spacial score (nSPS) is 10.7. The van der Waals surface area contributed by atoms with Crippen molar-refractivity contribution in [1.82, 2.24) is 0 Å². The molecule has 0 spiro atoms. The van der Waals surface area contributed by atoms with E-state index in [2.05, 4.69) is 51.8 Å². The van der Waals surface area contributed by atoms with Crippen molar-refractivity contribution in [2.45, 2.75) is 13.8 Å². The van der Waals surface area contributed by atoms with Crippen molar-refractivity contribution in [2.75, 3.05) is 0 Å². The summed E-state index contributed by atoms with van der Waals surface area (Å²) in [5.41, 5.74) is 4.34. The lowest BCUT2D eigenvalue weighted by Gasteiger charge is -1.96. The van der Waals surface area contributed by atoms with Crippen LogP contribution in [0.5, 0.6) is 0 Å². The van der Waals surface area contributed by atoms with Crippen molar-refractivity contribution >= 4 is 53.8 Å². The molecule has 0 bridgehead atoms. The molecule has 22 heavy (non-hydrogen) atoms. The first-order valence-electron chi connectivity index (χ1n) is 6.82. The van der Waals surface area contributed by atoms with Gasteiger partial charge in [0.25, 0.3) is 0 Å². The SMILES string of the molecule is Cc1cc2ccoc2cc1Br.Cc1ccc2occc2c1Br. The predicted octanol–water partition coefficient (Wildman–Crippen LogP) is 7.01. The highest BCUT2D eigenvalue weighted by atomic mass is 79.9. The van der Waals surface area contributed by atoms with E-state index in [0.717, 1.165) is 30.9 Å². The van der Waals surface area contributed by atoms with Crippen LogP contribution >= 0.6 is 31.9 Å². The summed E-state index contributed by atoms with van der Waals surface area (Å²) in [5, 5.41) is 2.30. The number of aryl methyl sites for hydroxylation is 2. The largest absolute Gasteiger partial charge is 0.464 e. The summed E-state index contributed by atoms with van der Waals surface area (Å²) in [5.74, 6) is 0. The zero-order valence-corrected chi connectivity index (χ0v) is 15.4.